The van der Waals surface area contributed by atoms with E-state index < -0.39 is 0 Å². The van der Waals surface area contributed by atoms with E-state index in [0.717, 1.165) is 5.69 Å². The summed E-state index contributed by atoms with van der Waals surface area (Å²) in [6.45, 7) is 1.84. The number of hydrogen-bond donors (Lipinski definition) is 2. The lowest BCUT2D eigenvalue weighted by atomic mass is 10.1. The minimum Gasteiger partial charge on any atom is -0.495 e. The molecule has 4 nitrogen and oxygen atoms in total. The summed E-state index contributed by atoms with van der Waals surface area (Å²) >= 11 is 12.2. The van der Waals surface area contributed by atoms with E-state index in [0.29, 0.717) is 32.7 Å². The van der Waals surface area contributed by atoms with Gasteiger partial charge >= 0.3 is 0 Å². The number of benzene rings is 1. The maximum Gasteiger partial charge on any atom is 0.138 e. The van der Waals surface area contributed by atoms with Gasteiger partial charge in [0.05, 0.1) is 28.5 Å². The molecule has 1 aromatic heterocycles. The Morgan fingerprint density at radius 2 is 2.00 bits per heavy atom. The molecule has 0 bridgehead atoms. The number of nitrogens with one attached hydrogen (secondary N) is 1. The van der Waals surface area contributed by atoms with Crippen molar-refractivity contribution in [1.82, 2.24) is 10.2 Å². The molecule has 0 fully saturated rings. The number of anilines is 1. The number of halogens is 2. The van der Waals surface area contributed by atoms with Gasteiger partial charge in [0.25, 0.3) is 0 Å². The Bertz CT molecular complexity index is 566. The third-order valence-corrected chi connectivity index (χ3v) is 3.10. The molecule has 0 radical (unpaired) electrons. The molecule has 90 valence electrons. The minimum atomic E-state index is 0.465. The predicted octanol–water partition coefficient (Wildman–Crippen LogP) is 3.28. The van der Waals surface area contributed by atoms with Crippen LogP contribution in [0.3, 0.4) is 0 Å². The van der Waals surface area contributed by atoms with E-state index in [4.69, 9.17) is 33.7 Å². The number of hydrogen-bond acceptors (Lipinski definition) is 3. The second-order valence-electron chi connectivity index (χ2n) is 3.58. The van der Waals surface area contributed by atoms with Gasteiger partial charge in [0, 0.05) is 11.6 Å². The average molecular weight is 272 g/mol. The molecule has 0 aliphatic heterocycles. The Morgan fingerprint density at radius 1 is 1.29 bits per heavy atom. The number of ether oxygens (including phenoxy) is 1. The van der Waals surface area contributed by atoms with Crippen LogP contribution in [-0.4, -0.2) is 17.3 Å². The second-order valence-corrected chi connectivity index (χ2v) is 4.39. The highest BCUT2D eigenvalue weighted by atomic mass is 35.5. The van der Waals surface area contributed by atoms with Gasteiger partial charge in [-0.25, -0.2) is 0 Å². The van der Waals surface area contributed by atoms with Crippen molar-refractivity contribution in [3.63, 3.8) is 0 Å². The third-order valence-electron chi connectivity index (χ3n) is 2.49. The van der Waals surface area contributed by atoms with Crippen molar-refractivity contribution in [3.05, 3.63) is 27.9 Å². The summed E-state index contributed by atoms with van der Waals surface area (Å²) in [5, 5.41) is 7.87. The molecule has 0 aliphatic carbocycles. The summed E-state index contributed by atoms with van der Waals surface area (Å²) in [6.07, 6.45) is 0. The zero-order valence-electron chi connectivity index (χ0n) is 9.34. The van der Waals surface area contributed by atoms with Crippen LogP contribution in [0.25, 0.3) is 11.3 Å². The number of aryl methyl sites for hydroxylation is 1. The Kier molecular flexibility index (Phi) is 3.17. The van der Waals surface area contributed by atoms with Gasteiger partial charge in [-0.3, -0.25) is 5.10 Å². The molecule has 0 saturated heterocycles. The van der Waals surface area contributed by atoms with Crippen LogP contribution >= 0.6 is 23.2 Å². The van der Waals surface area contributed by atoms with E-state index in [1.165, 1.54) is 7.11 Å². The molecule has 0 aliphatic rings. The number of H-pyrrole nitrogens is 1. The summed E-state index contributed by atoms with van der Waals surface area (Å²) in [4.78, 5) is 0. The summed E-state index contributed by atoms with van der Waals surface area (Å²) in [7, 11) is 1.53. The first-order valence-corrected chi connectivity index (χ1v) is 5.64. The summed E-state index contributed by atoms with van der Waals surface area (Å²) in [6, 6.07) is 3.33. The topological polar surface area (TPSA) is 63.9 Å². The van der Waals surface area contributed by atoms with Gasteiger partial charge in [-0.05, 0) is 13.0 Å². The second kappa shape index (κ2) is 4.47. The molecule has 0 spiro atoms. The van der Waals surface area contributed by atoms with Gasteiger partial charge in [-0.2, -0.15) is 5.10 Å². The van der Waals surface area contributed by atoms with Crippen LogP contribution in [0.1, 0.15) is 5.69 Å². The van der Waals surface area contributed by atoms with E-state index in [1.807, 2.05) is 6.92 Å². The minimum absolute atomic E-state index is 0.465. The molecule has 0 unspecified atom stereocenters. The Labute approximate surface area is 109 Å². The zero-order valence-corrected chi connectivity index (χ0v) is 10.9. The van der Waals surface area contributed by atoms with E-state index in [2.05, 4.69) is 10.2 Å². The maximum atomic E-state index is 6.15. The molecule has 0 amide bonds. The van der Waals surface area contributed by atoms with Crippen molar-refractivity contribution in [2.45, 2.75) is 6.92 Å². The Hall–Kier alpha value is -1.39. The highest BCUT2D eigenvalue weighted by Gasteiger charge is 2.15. The summed E-state index contributed by atoms with van der Waals surface area (Å²) in [5.41, 5.74) is 8.53. The molecule has 6 heteroatoms. The maximum absolute atomic E-state index is 6.15. The SMILES string of the molecule is COc1cc(Cl)c(-c2n[nH]c(C)c2N)cc1Cl. The first-order valence-electron chi connectivity index (χ1n) is 4.88. The van der Waals surface area contributed by atoms with Gasteiger partial charge in [0.2, 0.25) is 0 Å². The first kappa shape index (κ1) is 12.1. The smallest absolute Gasteiger partial charge is 0.138 e. The summed E-state index contributed by atoms with van der Waals surface area (Å²) < 4.78 is 5.08. The van der Waals surface area contributed by atoms with E-state index in [-0.39, 0.29) is 0 Å². The average Bonchev–Trinajstić information content (AvgIpc) is 2.63. The van der Waals surface area contributed by atoms with Crippen LogP contribution in [0.5, 0.6) is 5.75 Å². The van der Waals surface area contributed by atoms with Crippen LogP contribution in [0.15, 0.2) is 12.1 Å². The van der Waals surface area contributed by atoms with Crippen LogP contribution in [0, 0.1) is 6.92 Å². The van der Waals surface area contributed by atoms with Crippen LogP contribution in [0.4, 0.5) is 5.69 Å². The lowest BCUT2D eigenvalue weighted by molar-refractivity contribution is 0.415. The fraction of sp³-hybridized carbons (Fsp3) is 0.182. The van der Waals surface area contributed by atoms with Gasteiger partial charge in [-0.15, -0.1) is 0 Å². The van der Waals surface area contributed by atoms with Crippen LogP contribution < -0.4 is 10.5 Å². The lowest BCUT2D eigenvalue weighted by Gasteiger charge is -2.07. The van der Waals surface area contributed by atoms with Crippen molar-refractivity contribution in [2.24, 2.45) is 0 Å². The van der Waals surface area contributed by atoms with E-state index >= 15 is 0 Å². The number of rotatable bonds is 2. The van der Waals surface area contributed by atoms with Crippen molar-refractivity contribution in [3.8, 4) is 17.0 Å². The quantitative estimate of drug-likeness (QED) is 0.881. The molecule has 2 aromatic rings. The van der Waals surface area contributed by atoms with Crippen LogP contribution in [-0.2, 0) is 0 Å². The molecule has 1 heterocycles. The molecule has 0 saturated carbocycles. The number of nitrogens with two attached hydrogens (primary N) is 1. The molecule has 2 rings (SSSR count). The predicted molar refractivity (Wildman–Crippen MR) is 69.7 cm³/mol. The number of aromatic amines is 1. The molecule has 3 N–H and O–H groups in total. The number of methoxy groups -OCH3 is 1. The largest absolute Gasteiger partial charge is 0.495 e. The highest BCUT2D eigenvalue weighted by Crippen LogP contribution is 2.38. The third kappa shape index (κ3) is 2.06. The first-order chi connectivity index (χ1) is 8.04. The highest BCUT2D eigenvalue weighted by molar-refractivity contribution is 6.36. The number of nitrogens with zero attached hydrogens (tertiary/aromatic N) is 1. The van der Waals surface area contributed by atoms with Crippen LogP contribution in [0.2, 0.25) is 10.0 Å². The van der Waals surface area contributed by atoms with Crippen molar-refractivity contribution < 1.29 is 4.74 Å². The van der Waals surface area contributed by atoms with Gasteiger partial charge in [0.1, 0.15) is 11.4 Å². The zero-order chi connectivity index (χ0) is 12.6. The lowest BCUT2D eigenvalue weighted by Crippen LogP contribution is -1.91. The number of aromatic nitrogens is 2. The fourth-order valence-corrected chi connectivity index (χ4v) is 1.99. The fourth-order valence-electron chi connectivity index (χ4n) is 1.51. The van der Waals surface area contributed by atoms with Gasteiger partial charge in [-0.1, -0.05) is 23.2 Å². The van der Waals surface area contributed by atoms with Crippen molar-refractivity contribution in [2.75, 3.05) is 12.8 Å². The number of nitrogen functional groups attached to an aromatic ring is 1. The summed E-state index contributed by atoms with van der Waals surface area (Å²) in [5.74, 6) is 0.520. The molecular formula is C11H11Cl2N3O. The van der Waals surface area contributed by atoms with Crippen molar-refractivity contribution >= 4 is 28.9 Å². The molecule has 17 heavy (non-hydrogen) atoms. The van der Waals surface area contributed by atoms with Gasteiger partial charge < -0.3 is 10.5 Å². The Morgan fingerprint density at radius 3 is 2.53 bits per heavy atom. The Balaban J connectivity index is 2.60. The molecular weight excluding hydrogens is 261 g/mol. The standard InChI is InChI=1S/C11H11Cl2N3O/c1-5-10(14)11(16-15-5)6-3-8(13)9(17-2)4-7(6)12/h3-4H,14H2,1-2H3,(H,15,16). The monoisotopic (exact) mass is 271 g/mol. The van der Waals surface area contributed by atoms with E-state index in [1.54, 1.807) is 12.1 Å². The molecule has 1 aromatic carbocycles. The van der Waals surface area contributed by atoms with Crippen molar-refractivity contribution in [1.29, 1.82) is 0 Å². The van der Waals surface area contributed by atoms with E-state index in [9.17, 15) is 0 Å². The van der Waals surface area contributed by atoms with Gasteiger partial charge in [0.15, 0.2) is 0 Å². The molecule has 0 atom stereocenters. The normalized spacial score (nSPS) is 10.6.